The maximum Gasteiger partial charge on any atom is 0.00794 e. The molecule has 1 atom stereocenters. The van der Waals surface area contributed by atoms with Crippen LogP contribution in [-0.2, 0) is 6.42 Å². The van der Waals surface area contributed by atoms with Gasteiger partial charge in [0, 0.05) is 6.04 Å². The molecular formula is C17H27N. The average Bonchev–Trinajstić information content (AvgIpc) is 2.84. The number of hydrogen-bond acceptors (Lipinski definition) is 1. The summed E-state index contributed by atoms with van der Waals surface area (Å²) < 4.78 is 0. The zero-order valence-electron chi connectivity index (χ0n) is 11.9. The Labute approximate surface area is 112 Å². The minimum atomic E-state index is 0.340. The first-order chi connectivity index (χ1) is 8.65. The van der Waals surface area contributed by atoms with Crippen LogP contribution in [0.3, 0.4) is 0 Å². The summed E-state index contributed by atoms with van der Waals surface area (Å²) in [5.41, 5.74) is 10.4. The Morgan fingerprint density at radius 3 is 2.56 bits per heavy atom. The van der Waals surface area contributed by atoms with E-state index in [-0.39, 0.29) is 0 Å². The quantitative estimate of drug-likeness (QED) is 0.829. The zero-order chi connectivity index (χ0) is 13.0. The number of benzene rings is 1. The van der Waals surface area contributed by atoms with Gasteiger partial charge < -0.3 is 5.73 Å². The predicted molar refractivity (Wildman–Crippen MR) is 78.8 cm³/mol. The van der Waals surface area contributed by atoms with Gasteiger partial charge in [0.05, 0.1) is 0 Å². The molecule has 1 unspecified atom stereocenters. The second-order valence-electron chi connectivity index (χ2n) is 6.11. The first kappa shape index (κ1) is 13.6. The van der Waals surface area contributed by atoms with Crippen molar-refractivity contribution in [3.05, 3.63) is 34.9 Å². The van der Waals surface area contributed by atoms with Crippen molar-refractivity contribution in [2.75, 3.05) is 0 Å². The van der Waals surface area contributed by atoms with Gasteiger partial charge in [-0.1, -0.05) is 43.9 Å². The monoisotopic (exact) mass is 245 g/mol. The first-order valence-electron chi connectivity index (χ1n) is 7.47. The number of hydrogen-bond donors (Lipinski definition) is 1. The summed E-state index contributed by atoms with van der Waals surface area (Å²) in [5, 5.41) is 0. The van der Waals surface area contributed by atoms with E-state index < -0.39 is 0 Å². The van der Waals surface area contributed by atoms with Crippen LogP contribution in [0.15, 0.2) is 18.2 Å². The van der Waals surface area contributed by atoms with Crippen LogP contribution >= 0.6 is 0 Å². The molecule has 1 aliphatic carbocycles. The Morgan fingerprint density at radius 1 is 1.17 bits per heavy atom. The van der Waals surface area contributed by atoms with Crippen molar-refractivity contribution in [1.29, 1.82) is 0 Å². The first-order valence-corrected chi connectivity index (χ1v) is 7.47. The van der Waals surface area contributed by atoms with E-state index in [2.05, 4.69) is 32.0 Å². The smallest absolute Gasteiger partial charge is 0.00794 e. The molecule has 0 amide bonds. The molecule has 0 spiro atoms. The largest absolute Gasteiger partial charge is 0.327 e. The Morgan fingerprint density at radius 2 is 1.89 bits per heavy atom. The fraction of sp³-hybridized carbons (Fsp3) is 0.647. The van der Waals surface area contributed by atoms with Gasteiger partial charge in [-0.2, -0.15) is 0 Å². The van der Waals surface area contributed by atoms with Crippen molar-refractivity contribution >= 4 is 0 Å². The summed E-state index contributed by atoms with van der Waals surface area (Å²) >= 11 is 0. The van der Waals surface area contributed by atoms with Crippen molar-refractivity contribution in [3.8, 4) is 0 Å². The van der Waals surface area contributed by atoms with Crippen molar-refractivity contribution in [1.82, 2.24) is 0 Å². The highest BCUT2D eigenvalue weighted by atomic mass is 14.6. The number of aryl methyl sites for hydroxylation is 2. The summed E-state index contributed by atoms with van der Waals surface area (Å²) in [5.74, 6) is 0.968. The molecule has 0 bridgehead atoms. The highest BCUT2D eigenvalue weighted by Crippen LogP contribution is 2.29. The number of rotatable bonds is 5. The van der Waals surface area contributed by atoms with Gasteiger partial charge in [0.1, 0.15) is 0 Å². The molecule has 2 rings (SSSR count). The lowest BCUT2D eigenvalue weighted by molar-refractivity contribution is 0.447. The van der Waals surface area contributed by atoms with Gasteiger partial charge in [0.25, 0.3) is 0 Å². The van der Waals surface area contributed by atoms with Crippen molar-refractivity contribution < 1.29 is 0 Å². The summed E-state index contributed by atoms with van der Waals surface area (Å²) in [6.07, 6.45) is 9.33. The summed E-state index contributed by atoms with van der Waals surface area (Å²) in [6.45, 7) is 4.35. The topological polar surface area (TPSA) is 26.0 Å². The van der Waals surface area contributed by atoms with Gasteiger partial charge in [0.15, 0.2) is 0 Å². The van der Waals surface area contributed by atoms with Crippen LogP contribution in [0.5, 0.6) is 0 Å². The van der Waals surface area contributed by atoms with Crippen molar-refractivity contribution in [2.24, 2.45) is 11.7 Å². The Hall–Kier alpha value is -0.820. The van der Waals surface area contributed by atoms with Gasteiger partial charge >= 0.3 is 0 Å². The molecule has 1 aliphatic rings. The molecule has 18 heavy (non-hydrogen) atoms. The molecule has 0 saturated heterocycles. The molecule has 1 aromatic carbocycles. The van der Waals surface area contributed by atoms with Crippen LogP contribution in [0.25, 0.3) is 0 Å². The van der Waals surface area contributed by atoms with Gasteiger partial charge in [-0.3, -0.25) is 0 Å². The molecular weight excluding hydrogens is 218 g/mol. The third-order valence-corrected chi connectivity index (χ3v) is 4.49. The number of nitrogens with two attached hydrogens (primary N) is 1. The zero-order valence-corrected chi connectivity index (χ0v) is 11.9. The van der Waals surface area contributed by atoms with Crippen LogP contribution in [-0.4, -0.2) is 6.04 Å². The normalized spacial score (nSPS) is 18.2. The lowest BCUT2D eigenvalue weighted by Crippen LogP contribution is -2.23. The van der Waals surface area contributed by atoms with E-state index in [0.717, 1.165) is 12.3 Å². The summed E-state index contributed by atoms with van der Waals surface area (Å²) in [6, 6.07) is 7.09. The van der Waals surface area contributed by atoms with Crippen LogP contribution < -0.4 is 5.73 Å². The van der Waals surface area contributed by atoms with E-state index in [1.165, 1.54) is 55.2 Å². The van der Waals surface area contributed by atoms with Crippen molar-refractivity contribution in [3.63, 3.8) is 0 Å². The molecule has 2 N–H and O–H groups in total. The van der Waals surface area contributed by atoms with E-state index in [1.807, 2.05) is 0 Å². The summed E-state index contributed by atoms with van der Waals surface area (Å²) in [4.78, 5) is 0. The Balaban J connectivity index is 1.78. The minimum absolute atomic E-state index is 0.340. The van der Waals surface area contributed by atoms with Crippen LogP contribution in [0, 0.1) is 19.8 Å². The lowest BCUT2D eigenvalue weighted by Gasteiger charge is -2.15. The van der Waals surface area contributed by atoms with Gasteiger partial charge in [-0.05, 0) is 55.7 Å². The second-order valence-corrected chi connectivity index (χ2v) is 6.11. The highest BCUT2D eigenvalue weighted by molar-refractivity contribution is 5.30. The van der Waals surface area contributed by atoms with E-state index >= 15 is 0 Å². The average molecular weight is 245 g/mol. The molecule has 0 heterocycles. The van der Waals surface area contributed by atoms with Crippen LogP contribution in [0.1, 0.15) is 55.2 Å². The molecule has 100 valence electrons. The molecule has 0 aliphatic heterocycles. The molecule has 1 heteroatoms. The van der Waals surface area contributed by atoms with E-state index in [1.54, 1.807) is 0 Å². The molecule has 1 fully saturated rings. The standard InChI is InChI=1S/C17H27N/c1-13-7-8-16(11-14(13)2)12-17(18)10-9-15-5-3-4-6-15/h7-8,11,15,17H,3-6,9-10,12,18H2,1-2H3. The second kappa shape index (κ2) is 6.38. The third-order valence-electron chi connectivity index (χ3n) is 4.49. The molecule has 1 saturated carbocycles. The van der Waals surface area contributed by atoms with Gasteiger partial charge in [0.2, 0.25) is 0 Å². The van der Waals surface area contributed by atoms with Gasteiger partial charge in [-0.25, -0.2) is 0 Å². The maximum atomic E-state index is 6.27. The van der Waals surface area contributed by atoms with Crippen molar-refractivity contribution in [2.45, 2.75) is 64.8 Å². The van der Waals surface area contributed by atoms with Gasteiger partial charge in [-0.15, -0.1) is 0 Å². The summed E-state index contributed by atoms with van der Waals surface area (Å²) in [7, 11) is 0. The van der Waals surface area contributed by atoms with E-state index in [9.17, 15) is 0 Å². The fourth-order valence-electron chi connectivity index (χ4n) is 3.08. The maximum absolute atomic E-state index is 6.27. The minimum Gasteiger partial charge on any atom is -0.327 e. The van der Waals surface area contributed by atoms with Crippen LogP contribution in [0.4, 0.5) is 0 Å². The Bertz CT molecular complexity index is 377. The Kier molecular flexibility index (Phi) is 4.82. The SMILES string of the molecule is Cc1ccc(CC(N)CCC2CCCC2)cc1C. The van der Waals surface area contributed by atoms with E-state index in [4.69, 9.17) is 5.73 Å². The molecule has 0 aromatic heterocycles. The van der Waals surface area contributed by atoms with Crippen LogP contribution in [0.2, 0.25) is 0 Å². The fourth-order valence-corrected chi connectivity index (χ4v) is 3.08. The van der Waals surface area contributed by atoms with E-state index in [0.29, 0.717) is 6.04 Å². The molecule has 1 aromatic rings. The lowest BCUT2D eigenvalue weighted by atomic mass is 9.94. The molecule has 0 radical (unpaired) electrons. The molecule has 1 nitrogen and oxygen atoms in total. The highest BCUT2D eigenvalue weighted by Gasteiger charge is 2.16. The predicted octanol–water partition coefficient (Wildman–Crippen LogP) is 4.14. The third kappa shape index (κ3) is 3.84.